The summed E-state index contributed by atoms with van der Waals surface area (Å²) in [5.41, 5.74) is 2.32. The molecular formula is C26H28ClFN6O3. The average Bonchev–Trinajstić information content (AvgIpc) is 3.59. The Kier molecular flexibility index (Phi) is 7.27. The first-order valence-corrected chi connectivity index (χ1v) is 12.6. The molecule has 1 aromatic carbocycles. The van der Waals surface area contributed by atoms with Gasteiger partial charge in [-0.2, -0.15) is 5.10 Å². The molecule has 3 aromatic rings. The second-order valence-corrected chi connectivity index (χ2v) is 9.77. The number of aromatic amines is 1. The highest BCUT2D eigenvalue weighted by molar-refractivity contribution is 6.33. The first-order valence-electron chi connectivity index (χ1n) is 12.3. The number of benzene rings is 1. The van der Waals surface area contributed by atoms with E-state index in [0.717, 1.165) is 18.7 Å². The molecule has 0 aliphatic carbocycles. The van der Waals surface area contributed by atoms with Crippen molar-refractivity contribution in [2.45, 2.75) is 25.3 Å². The fraction of sp³-hybridized carbons (Fsp3) is 0.385. The van der Waals surface area contributed by atoms with E-state index in [9.17, 15) is 14.0 Å². The zero-order valence-electron chi connectivity index (χ0n) is 20.4. The monoisotopic (exact) mass is 526 g/mol. The molecule has 1 unspecified atom stereocenters. The van der Waals surface area contributed by atoms with Crippen LogP contribution in [-0.2, 0) is 4.79 Å². The van der Waals surface area contributed by atoms with Gasteiger partial charge in [0, 0.05) is 55.5 Å². The lowest BCUT2D eigenvalue weighted by atomic mass is 9.95. The largest absolute Gasteiger partial charge is 0.481 e. The van der Waals surface area contributed by atoms with Crippen molar-refractivity contribution in [3.63, 3.8) is 0 Å². The summed E-state index contributed by atoms with van der Waals surface area (Å²) in [5.74, 6) is -0.166. The summed E-state index contributed by atoms with van der Waals surface area (Å²) < 4.78 is 18.7. The van der Waals surface area contributed by atoms with Crippen LogP contribution in [0.4, 0.5) is 10.1 Å². The number of nitrogens with zero attached hydrogens (tertiary/aromatic N) is 4. The summed E-state index contributed by atoms with van der Waals surface area (Å²) in [6, 6.07) is 9.87. The number of H-pyrrole nitrogens is 1. The van der Waals surface area contributed by atoms with E-state index in [1.54, 1.807) is 23.1 Å². The molecule has 194 valence electrons. The fourth-order valence-electron chi connectivity index (χ4n) is 4.92. The number of methoxy groups -OCH3 is 1. The Morgan fingerprint density at radius 2 is 1.97 bits per heavy atom. The number of hydrogen-bond donors (Lipinski definition) is 2. The van der Waals surface area contributed by atoms with E-state index in [1.807, 2.05) is 6.07 Å². The van der Waals surface area contributed by atoms with Crippen LogP contribution < -0.4 is 15.0 Å². The molecule has 37 heavy (non-hydrogen) atoms. The highest BCUT2D eigenvalue weighted by Crippen LogP contribution is 2.29. The molecular weight excluding hydrogens is 499 g/mol. The number of rotatable bonds is 6. The molecule has 2 aliphatic heterocycles. The van der Waals surface area contributed by atoms with Crippen molar-refractivity contribution in [3.05, 3.63) is 59.1 Å². The zero-order chi connectivity index (χ0) is 25.9. The summed E-state index contributed by atoms with van der Waals surface area (Å²) in [5, 5.41) is 10.6. The second-order valence-electron chi connectivity index (χ2n) is 9.36. The average molecular weight is 527 g/mol. The molecule has 2 aromatic heterocycles. The minimum Gasteiger partial charge on any atom is -0.481 e. The van der Waals surface area contributed by atoms with E-state index in [-0.39, 0.29) is 29.6 Å². The van der Waals surface area contributed by atoms with Crippen LogP contribution in [0.3, 0.4) is 0 Å². The van der Waals surface area contributed by atoms with Gasteiger partial charge in [-0.1, -0.05) is 17.7 Å². The molecule has 0 saturated carbocycles. The quantitative estimate of drug-likeness (QED) is 0.509. The molecule has 4 heterocycles. The van der Waals surface area contributed by atoms with Gasteiger partial charge in [-0.15, -0.1) is 0 Å². The minimum absolute atomic E-state index is 0.0169. The number of amides is 2. The zero-order valence-corrected chi connectivity index (χ0v) is 21.2. The number of anilines is 1. The third kappa shape index (κ3) is 5.53. The van der Waals surface area contributed by atoms with E-state index in [0.29, 0.717) is 60.3 Å². The molecule has 2 amide bonds. The number of hydrogen-bond acceptors (Lipinski definition) is 6. The first-order chi connectivity index (χ1) is 17.9. The number of nitrogens with one attached hydrogen (secondary N) is 2. The van der Waals surface area contributed by atoms with Crippen molar-refractivity contribution >= 4 is 29.1 Å². The van der Waals surface area contributed by atoms with E-state index in [4.69, 9.17) is 16.3 Å². The maximum absolute atomic E-state index is 13.5. The number of halogens is 2. The van der Waals surface area contributed by atoms with Crippen molar-refractivity contribution in [2.24, 2.45) is 5.92 Å². The summed E-state index contributed by atoms with van der Waals surface area (Å²) in [6.07, 6.45) is 3.47. The summed E-state index contributed by atoms with van der Waals surface area (Å²) >= 11 is 6.25. The molecule has 0 bridgehead atoms. The van der Waals surface area contributed by atoms with Crippen molar-refractivity contribution in [1.29, 1.82) is 0 Å². The molecule has 0 spiro atoms. The molecule has 11 heteroatoms. The maximum atomic E-state index is 13.5. The minimum atomic E-state index is -0.265. The van der Waals surface area contributed by atoms with Crippen molar-refractivity contribution < 1.29 is 18.7 Å². The van der Waals surface area contributed by atoms with Crippen LogP contribution >= 0.6 is 11.6 Å². The van der Waals surface area contributed by atoms with Crippen LogP contribution in [-0.4, -0.2) is 71.2 Å². The Hall–Kier alpha value is -3.66. The molecule has 0 radical (unpaired) electrons. The van der Waals surface area contributed by atoms with E-state index in [2.05, 4.69) is 25.4 Å². The van der Waals surface area contributed by atoms with Crippen LogP contribution in [0, 0.1) is 11.7 Å². The van der Waals surface area contributed by atoms with Crippen molar-refractivity contribution in [3.8, 4) is 17.1 Å². The lowest BCUT2D eigenvalue weighted by Crippen LogP contribution is -2.46. The summed E-state index contributed by atoms with van der Waals surface area (Å²) in [7, 11) is 1.51. The van der Waals surface area contributed by atoms with Gasteiger partial charge in [0.05, 0.1) is 24.0 Å². The first kappa shape index (κ1) is 25.0. The predicted molar refractivity (Wildman–Crippen MR) is 137 cm³/mol. The van der Waals surface area contributed by atoms with Gasteiger partial charge in [-0.3, -0.25) is 14.7 Å². The number of pyridine rings is 1. The Labute approximate surface area is 219 Å². The molecule has 5 rings (SSSR count). The van der Waals surface area contributed by atoms with Crippen molar-refractivity contribution in [2.75, 3.05) is 38.2 Å². The highest BCUT2D eigenvalue weighted by atomic mass is 35.5. The van der Waals surface area contributed by atoms with Gasteiger partial charge in [0.1, 0.15) is 11.5 Å². The highest BCUT2D eigenvalue weighted by Gasteiger charge is 2.31. The molecule has 2 saturated heterocycles. The van der Waals surface area contributed by atoms with Crippen LogP contribution in [0.25, 0.3) is 11.3 Å². The SMILES string of the molecule is COc1cc(-c2cc(C(=O)N3CCC(C(=O)NC4CCN(c5cccc(F)c5)C4)CC3)[nH]n2)c(Cl)cn1. The van der Waals surface area contributed by atoms with Crippen LogP contribution in [0.1, 0.15) is 29.8 Å². The Morgan fingerprint density at radius 3 is 2.73 bits per heavy atom. The number of aromatic nitrogens is 3. The van der Waals surface area contributed by atoms with Crippen molar-refractivity contribution in [1.82, 2.24) is 25.4 Å². The van der Waals surface area contributed by atoms with Crippen LogP contribution in [0.5, 0.6) is 5.88 Å². The summed E-state index contributed by atoms with van der Waals surface area (Å²) in [4.78, 5) is 33.8. The summed E-state index contributed by atoms with van der Waals surface area (Å²) in [6.45, 7) is 2.39. The standard InChI is InChI=1S/C26H28ClFN6O3/c1-37-24-12-20(21(27)14-29-24)22-13-23(32-31-22)26(36)33-8-5-16(6-9-33)25(35)30-18-7-10-34(15-18)19-4-2-3-17(28)11-19/h2-4,11-14,16,18H,5-10,15H2,1H3,(H,30,35)(H,31,32). The normalized spacial score (nSPS) is 18.2. The fourth-order valence-corrected chi connectivity index (χ4v) is 5.12. The molecule has 1 atom stereocenters. The molecule has 2 N–H and O–H groups in total. The van der Waals surface area contributed by atoms with Gasteiger partial charge in [0.15, 0.2) is 0 Å². The van der Waals surface area contributed by atoms with E-state index >= 15 is 0 Å². The Morgan fingerprint density at radius 1 is 1.16 bits per heavy atom. The van der Waals surface area contributed by atoms with Gasteiger partial charge >= 0.3 is 0 Å². The van der Waals surface area contributed by atoms with Gasteiger partial charge in [0.25, 0.3) is 5.91 Å². The number of likely N-dealkylation sites (tertiary alicyclic amines) is 1. The van der Waals surface area contributed by atoms with Crippen LogP contribution in [0.2, 0.25) is 5.02 Å². The molecule has 2 aliphatic rings. The second kappa shape index (κ2) is 10.8. The van der Waals surface area contributed by atoms with Gasteiger partial charge in [-0.05, 0) is 43.5 Å². The number of carbonyl (C=O) groups excluding carboxylic acids is 2. The van der Waals surface area contributed by atoms with E-state index in [1.165, 1.54) is 25.4 Å². The third-order valence-corrected chi connectivity index (χ3v) is 7.29. The third-order valence-electron chi connectivity index (χ3n) is 6.98. The Balaban J connectivity index is 1.13. The number of carbonyl (C=O) groups is 2. The maximum Gasteiger partial charge on any atom is 0.271 e. The smallest absolute Gasteiger partial charge is 0.271 e. The number of ether oxygens (including phenoxy) is 1. The van der Waals surface area contributed by atoms with Crippen LogP contribution in [0.15, 0.2) is 42.6 Å². The Bertz CT molecular complexity index is 1290. The van der Waals surface area contributed by atoms with E-state index < -0.39 is 0 Å². The molecule has 9 nitrogen and oxygen atoms in total. The number of piperidine rings is 1. The van der Waals surface area contributed by atoms with Gasteiger partial charge < -0.3 is 19.9 Å². The van der Waals surface area contributed by atoms with Gasteiger partial charge in [0.2, 0.25) is 11.8 Å². The lowest BCUT2D eigenvalue weighted by Gasteiger charge is -2.31. The topological polar surface area (TPSA) is 103 Å². The molecule has 2 fully saturated rings. The predicted octanol–water partition coefficient (Wildman–Crippen LogP) is 3.52. The lowest BCUT2D eigenvalue weighted by molar-refractivity contribution is -0.126. The van der Waals surface area contributed by atoms with Gasteiger partial charge in [-0.25, -0.2) is 9.37 Å².